The highest BCUT2D eigenvalue weighted by Gasteiger charge is 2.03. The number of carbonyl (C=O) groups is 1. The summed E-state index contributed by atoms with van der Waals surface area (Å²) >= 11 is 0. The number of benzene rings is 1. The van der Waals surface area contributed by atoms with Gasteiger partial charge in [0, 0.05) is 6.08 Å². The Morgan fingerprint density at radius 3 is 2.82 bits per heavy atom. The maximum atomic E-state index is 10.4. The van der Waals surface area contributed by atoms with Crippen LogP contribution in [0.4, 0.5) is 0 Å². The minimum Gasteiger partial charge on any atom is -0.496 e. The molecule has 0 aliphatic carbocycles. The van der Waals surface area contributed by atoms with Crippen LogP contribution < -0.4 is 4.74 Å². The number of rotatable bonds is 6. The number of hydrogen-bond acceptors (Lipinski definition) is 2. The average Bonchev–Trinajstić information content (AvgIpc) is 2.34. The topological polar surface area (TPSA) is 46.5 Å². The molecule has 0 fully saturated rings. The summed E-state index contributed by atoms with van der Waals surface area (Å²) in [6.07, 6.45) is 5.95. The van der Waals surface area contributed by atoms with E-state index in [4.69, 9.17) is 9.84 Å². The van der Waals surface area contributed by atoms with Crippen LogP contribution in [0.15, 0.2) is 24.3 Å². The summed E-state index contributed by atoms with van der Waals surface area (Å²) in [5.74, 6) is -0.120. The highest BCUT2D eigenvalue weighted by Crippen LogP contribution is 2.22. The van der Waals surface area contributed by atoms with E-state index in [2.05, 4.69) is 6.92 Å². The molecule has 3 heteroatoms. The van der Waals surface area contributed by atoms with Crippen LogP contribution in [0.3, 0.4) is 0 Å². The van der Waals surface area contributed by atoms with E-state index in [0.717, 1.165) is 36.7 Å². The molecule has 0 aromatic heterocycles. The van der Waals surface area contributed by atoms with Crippen molar-refractivity contribution in [2.45, 2.75) is 26.2 Å². The van der Waals surface area contributed by atoms with E-state index >= 15 is 0 Å². The molecule has 0 aliphatic rings. The van der Waals surface area contributed by atoms with Crippen LogP contribution in [0.5, 0.6) is 5.75 Å². The van der Waals surface area contributed by atoms with E-state index in [9.17, 15) is 4.79 Å². The lowest BCUT2D eigenvalue weighted by Gasteiger charge is -2.08. The van der Waals surface area contributed by atoms with Gasteiger partial charge in [-0.15, -0.1) is 0 Å². The van der Waals surface area contributed by atoms with Gasteiger partial charge < -0.3 is 9.84 Å². The predicted molar refractivity (Wildman–Crippen MR) is 68.3 cm³/mol. The average molecular weight is 234 g/mol. The molecule has 0 unspecified atom stereocenters. The molecule has 1 rings (SSSR count). The van der Waals surface area contributed by atoms with Crippen LogP contribution in [-0.4, -0.2) is 18.2 Å². The highest BCUT2D eigenvalue weighted by molar-refractivity contribution is 5.85. The first kappa shape index (κ1) is 13.3. The summed E-state index contributed by atoms with van der Waals surface area (Å²) in [5.41, 5.74) is 2.01. The largest absolute Gasteiger partial charge is 0.496 e. The van der Waals surface area contributed by atoms with Gasteiger partial charge in [0.05, 0.1) is 7.11 Å². The fraction of sp³-hybridized carbons (Fsp3) is 0.357. The monoisotopic (exact) mass is 234 g/mol. The number of unbranched alkanes of at least 4 members (excludes halogenated alkanes) is 1. The zero-order chi connectivity index (χ0) is 12.7. The van der Waals surface area contributed by atoms with Crippen LogP contribution in [-0.2, 0) is 11.2 Å². The summed E-state index contributed by atoms with van der Waals surface area (Å²) in [7, 11) is 1.63. The smallest absolute Gasteiger partial charge is 0.328 e. The Morgan fingerprint density at radius 2 is 2.24 bits per heavy atom. The van der Waals surface area contributed by atoms with Gasteiger partial charge in [0.1, 0.15) is 5.75 Å². The summed E-state index contributed by atoms with van der Waals surface area (Å²) in [6.45, 7) is 2.15. The van der Waals surface area contributed by atoms with Gasteiger partial charge in [-0.1, -0.05) is 25.5 Å². The second kappa shape index (κ2) is 6.74. The Kier molecular flexibility index (Phi) is 5.27. The Balaban J connectivity index is 2.87. The van der Waals surface area contributed by atoms with Crippen molar-refractivity contribution in [3.63, 3.8) is 0 Å². The Labute approximate surface area is 102 Å². The lowest BCUT2D eigenvalue weighted by atomic mass is 10.0. The minimum atomic E-state index is -0.945. The molecule has 0 heterocycles. The first-order chi connectivity index (χ1) is 8.17. The van der Waals surface area contributed by atoms with Gasteiger partial charge in [-0.2, -0.15) is 0 Å². The third kappa shape index (κ3) is 4.31. The first-order valence-electron chi connectivity index (χ1n) is 5.75. The summed E-state index contributed by atoms with van der Waals surface area (Å²) < 4.78 is 5.31. The van der Waals surface area contributed by atoms with Crippen LogP contribution >= 0.6 is 0 Å². The van der Waals surface area contributed by atoms with Crippen molar-refractivity contribution >= 4 is 12.0 Å². The molecule has 0 aliphatic heterocycles. The number of ether oxygens (including phenoxy) is 1. The SMILES string of the molecule is CCCCc1ccc(C=CC(=O)O)cc1OC. The lowest BCUT2D eigenvalue weighted by molar-refractivity contribution is -0.131. The van der Waals surface area contributed by atoms with Gasteiger partial charge in [-0.05, 0) is 36.1 Å². The number of aryl methyl sites for hydroxylation is 1. The summed E-state index contributed by atoms with van der Waals surface area (Å²) in [4.78, 5) is 10.4. The molecule has 0 radical (unpaired) electrons. The molecule has 17 heavy (non-hydrogen) atoms. The highest BCUT2D eigenvalue weighted by atomic mass is 16.5. The maximum absolute atomic E-state index is 10.4. The molecule has 1 aromatic rings. The van der Waals surface area contributed by atoms with E-state index in [1.807, 2.05) is 18.2 Å². The van der Waals surface area contributed by atoms with Crippen LogP contribution in [0.25, 0.3) is 6.08 Å². The molecule has 0 bridgehead atoms. The molecule has 1 aromatic carbocycles. The lowest BCUT2D eigenvalue weighted by Crippen LogP contribution is -1.93. The molecule has 3 nitrogen and oxygen atoms in total. The number of hydrogen-bond donors (Lipinski definition) is 1. The molecule has 0 saturated carbocycles. The van der Waals surface area contributed by atoms with E-state index < -0.39 is 5.97 Å². The van der Waals surface area contributed by atoms with Crippen molar-refractivity contribution in [1.82, 2.24) is 0 Å². The number of methoxy groups -OCH3 is 1. The summed E-state index contributed by atoms with van der Waals surface area (Å²) in [6, 6.07) is 5.77. The molecular weight excluding hydrogens is 216 g/mol. The van der Waals surface area contributed by atoms with Gasteiger partial charge in [0.2, 0.25) is 0 Å². The van der Waals surface area contributed by atoms with Crippen molar-refractivity contribution in [2.24, 2.45) is 0 Å². The van der Waals surface area contributed by atoms with Crippen molar-refractivity contribution in [3.05, 3.63) is 35.4 Å². The van der Waals surface area contributed by atoms with Crippen LogP contribution in [0.1, 0.15) is 30.9 Å². The quantitative estimate of drug-likeness (QED) is 0.769. The van der Waals surface area contributed by atoms with Crippen molar-refractivity contribution in [3.8, 4) is 5.75 Å². The Bertz CT molecular complexity index is 408. The summed E-state index contributed by atoms with van der Waals surface area (Å²) in [5, 5.41) is 8.55. The standard InChI is InChI=1S/C14H18O3/c1-3-4-5-12-8-6-11(7-9-14(15)16)10-13(12)17-2/h6-10H,3-5H2,1-2H3,(H,15,16). The third-order valence-electron chi connectivity index (χ3n) is 2.53. The van der Waals surface area contributed by atoms with Gasteiger partial charge in [-0.25, -0.2) is 4.79 Å². The molecule has 0 saturated heterocycles. The molecule has 0 atom stereocenters. The zero-order valence-electron chi connectivity index (χ0n) is 10.3. The second-order valence-corrected chi connectivity index (χ2v) is 3.85. The third-order valence-corrected chi connectivity index (χ3v) is 2.53. The Morgan fingerprint density at radius 1 is 1.47 bits per heavy atom. The van der Waals surface area contributed by atoms with Gasteiger partial charge >= 0.3 is 5.97 Å². The van der Waals surface area contributed by atoms with Gasteiger partial charge in [0.25, 0.3) is 0 Å². The zero-order valence-corrected chi connectivity index (χ0v) is 10.3. The normalized spacial score (nSPS) is 10.7. The molecule has 92 valence electrons. The second-order valence-electron chi connectivity index (χ2n) is 3.85. The predicted octanol–water partition coefficient (Wildman–Crippen LogP) is 3.14. The molecular formula is C14H18O3. The Hall–Kier alpha value is -1.77. The van der Waals surface area contributed by atoms with Gasteiger partial charge in [-0.3, -0.25) is 0 Å². The van der Waals surface area contributed by atoms with E-state index in [1.54, 1.807) is 13.2 Å². The van der Waals surface area contributed by atoms with Crippen molar-refractivity contribution in [1.29, 1.82) is 0 Å². The van der Waals surface area contributed by atoms with E-state index in [0.29, 0.717) is 0 Å². The van der Waals surface area contributed by atoms with Crippen LogP contribution in [0.2, 0.25) is 0 Å². The fourth-order valence-electron chi connectivity index (χ4n) is 1.61. The molecule has 0 spiro atoms. The molecule has 0 amide bonds. The fourth-order valence-corrected chi connectivity index (χ4v) is 1.61. The minimum absolute atomic E-state index is 0.825. The van der Waals surface area contributed by atoms with Gasteiger partial charge in [0.15, 0.2) is 0 Å². The number of aliphatic carboxylic acids is 1. The van der Waals surface area contributed by atoms with Crippen molar-refractivity contribution in [2.75, 3.05) is 7.11 Å². The maximum Gasteiger partial charge on any atom is 0.328 e. The molecule has 1 N–H and O–H groups in total. The first-order valence-corrected chi connectivity index (χ1v) is 5.75. The number of carboxylic acids is 1. The van der Waals surface area contributed by atoms with E-state index in [1.165, 1.54) is 5.56 Å². The van der Waals surface area contributed by atoms with Crippen LogP contribution in [0, 0.1) is 0 Å². The van der Waals surface area contributed by atoms with Crippen molar-refractivity contribution < 1.29 is 14.6 Å². The van der Waals surface area contributed by atoms with E-state index in [-0.39, 0.29) is 0 Å². The number of carboxylic acid groups (broad SMARTS) is 1.